The molecule has 1 nitrogen and oxygen atoms in total. The number of hydrogen-bond acceptors (Lipinski definition) is 1. The van der Waals surface area contributed by atoms with Gasteiger partial charge in [0, 0.05) is 15.4 Å². The highest BCUT2D eigenvalue weighted by Crippen LogP contribution is 2.27. The molecule has 0 saturated carbocycles. The SMILES string of the molecule is COc1ccc(Br)cc1CC(CCl)Cc1ccc(Cl)cc1. The van der Waals surface area contributed by atoms with E-state index in [1.165, 1.54) is 11.1 Å². The monoisotopic (exact) mass is 386 g/mol. The van der Waals surface area contributed by atoms with E-state index in [0.717, 1.165) is 28.1 Å². The van der Waals surface area contributed by atoms with E-state index in [1.54, 1.807) is 7.11 Å². The number of ether oxygens (including phenoxy) is 1. The van der Waals surface area contributed by atoms with Crippen LogP contribution >= 0.6 is 39.1 Å². The van der Waals surface area contributed by atoms with Gasteiger partial charge in [-0.25, -0.2) is 0 Å². The third kappa shape index (κ3) is 4.91. The van der Waals surface area contributed by atoms with Gasteiger partial charge in [-0.15, -0.1) is 11.6 Å². The molecule has 2 aromatic rings. The number of halogens is 3. The van der Waals surface area contributed by atoms with E-state index in [9.17, 15) is 0 Å². The third-order valence-electron chi connectivity index (χ3n) is 3.41. The summed E-state index contributed by atoms with van der Waals surface area (Å²) in [6, 6.07) is 14.0. The van der Waals surface area contributed by atoms with Gasteiger partial charge in [0.2, 0.25) is 0 Å². The highest BCUT2D eigenvalue weighted by Gasteiger charge is 2.13. The summed E-state index contributed by atoms with van der Waals surface area (Å²) in [6.07, 6.45) is 1.81. The van der Waals surface area contributed by atoms with Gasteiger partial charge in [-0.05, 0) is 60.2 Å². The topological polar surface area (TPSA) is 9.23 Å². The zero-order valence-electron chi connectivity index (χ0n) is 11.8. The van der Waals surface area contributed by atoms with Crippen LogP contribution in [0.25, 0.3) is 0 Å². The summed E-state index contributed by atoms with van der Waals surface area (Å²) < 4.78 is 6.48. The van der Waals surface area contributed by atoms with Crippen molar-refractivity contribution in [2.45, 2.75) is 12.8 Å². The molecule has 112 valence electrons. The second-order valence-electron chi connectivity index (χ2n) is 5.01. The van der Waals surface area contributed by atoms with Gasteiger partial charge >= 0.3 is 0 Å². The van der Waals surface area contributed by atoms with Gasteiger partial charge in [-0.2, -0.15) is 0 Å². The molecule has 2 rings (SSSR count). The number of rotatable bonds is 6. The van der Waals surface area contributed by atoms with Crippen LogP contribution < -0.4 is 4.74 Å². The Bertz CT molecular complexity index is 584. The molecule has 0 saturated heterocycles. The molecule has 0 aromatic heterocycles. The maximum absolute atomic E-state index is 6.16. The van der Waals surface area contributed by atoms with Crippen molar-refractivity contribution in [1.82, 2.24) is 0 Å². The lowest BCUT2D eigenvalue weighted by Crippen LogP contribution is -2.11. The normalized spacial score (nSPS) is 12.2. The lowest BCUT2D eigenvalue weighted by atomic mass is 9.93. The molecule has 2 aromatic carbocycles. The second-order valence-corrected chi connectivity index (χ2v) is 6.67. The van der Waals surface area contributed by atoms with Crippen LogP contribution in [0.5, 0.6) is 5.75 Å². The molecule has 0 bridgehead atoms. The minimum absolute atomic E-state index is 0.357. The average molecular weight is 388 g/mol. The van der Waals surface area contributed by atoms with Crippen LogP contribution in [-0.2, 0) is 12.8 Å². The summed E-state index contributed by atoms with van der Waals surface area (Å²) in [6.45, 7) is 0. The summed E-state index contributed by atoms with van der Waals surface area (Å²) >= 11 is 15.6. The Labute approximate surface area is 144 Å². The second kappa shape index (κ2) is 8.07. The average Bonchev–Trinajstić information content (AvgIpc) is 2.49. The Morgan fingerprint density at radius 2 is 1.81 bits per heavy atom. The fourth-order valence-corrected chi connectivity index (χ4v) is 3.11. The first-order valence-electron chi connectivity index (χ1n) is 6.75. The Morgan fingerprint density at radius 3 is 2.43 bits per heavy atom. The molecule has 0 amide bonds. The lowest BCUT2D eigenvalue weighted by Gasteiger charge is -2.16. The minimum Gasteiger partial charge on any atom is -0.496 e. The van der Waals surface area contributed by atoms with Crippen molar-refractivity contribution in [1.29, 1.82) is 0 Å². The minimum atomic E-state index is 0.357. The Balaban J connectivity index is 2.11. The molecular formula is C17H17BrCl2O. The van der Waals surface area contributed by atoms with E-state index in [1.807, 2.05) is 24.3 Å². The zero-order valence-corrected chi connectivity index (χ0v) is 14.9. The van der Waals surface area contributed by atoms with Gasteiger partial charge in [-0.1, -0.05) is 39.7 Å². The van der Waals surface area contributed by atoms with Crippen LogP contribution in [0.4, 0.5) is 0 Å². The van der Waals surface area contributed by atoms with Crippen molar-refractivity contribution in [3.05, 3.63) is 63.1 Å². The fourth-order valence-electron chi connectivity index (χ4n) is 2.35. The molecule has 0 radical (unpaired) electrons. The van der Waals surface area contributed by atoms with Crippen molar-refractivity contribution in [2.75, 3.05) is 13.0 Å². The lowest BCUT2D eigenvalue weighted by molar-refractivity contribution is 0.405. The molecule has 0 N–H and O–H groups in total. The molecule has 0 heterocycles. The number of alkyl halides is 1. The highest BCUT2D eigenvalue weighted by atomic mass is 79.9. The highest BCUT2D eigenvalue weighted by molar-refractivity contribution is 9.10. The van der Waals surface area contributed by atoms with E-state index in [-0.39, 0.29) is 0 Å². The third-order valence-corrected chi connectivity index (χ3v) is 4.59. The Kier molecular flexibility index (Phi) is 6.40. The van der Waals surface area contributed by atoms with E-state index in [2.05, 4.69) is 34.1 Å². The molecule has 0 fully saturated rings. The molecule has 0 spiro atoms. The van der Waals surface area contributed by atoms with Gasteiger partial charge in [0.05, 0.1) is 7.11 Å². The largest absolute Gasteiger partial charge is 0.496 e. The summed E-state index contributed by atoms with van der Waals surface area (Å²) in [4.78, 5) is 0. The van der Waals surface area contributed by atoms with Crippen molar-refractivity contribution >= 4 is 39.1 Å². The molecule has 1 atom stereocenters. The Hall–Kier alpha value is -0.700. The maximum atomic E-state index is 6.16. The van der Waals surface area contributed by atoms with Crippen molar-refractivity contribution in [3.63, 3.8) is 0 Å². The van der Waals surface area contributed by atoms with E-state index < -0.39 is 0 Å². The van der Waals surface area contributed by atoms with Gasteiger partial charge in [0.25, 0.3) is 0 Å². The molecular weight excluding hydrogens is 371 g/mol. The molecule has 1 unspecified atom stereocenters. The molecule has 0 aliphatic carbocycles. The standard InChI is InChI=1S/C17H17BrCl2O/c1-21-17-7-4-15(18)10-14(17)9-13(11-19)8-12-2-5-16(20)6-3-12/h2-7,10,13H,8-9,11H2,1H3. The van der Waals surface area contributed by atoms with Crippen LogP contribution in [0.2, 0.25) is 5.02 Å². The smallest absolute Gasteiger partial charge is 0.122 e. The molecule has 0 aliphatic heterocycles. The summed E-state index contributed by atoms with van der Waals surface area (Å²) in [5.41, 5.74) is 2.42. The van der Waals surface area contributed by atoms with Crippen LogP contribution in [-0.4, -0.2) is 13.0 Å². The number of methoxy groups -OCH3 is 1. The molecule has 4 heteroatoms. The molecule has 0 aliphatic rings. The van der Waals surface area contributed by atoms with Gasteiger partial charge in [0.15, 0.2) is 0 Å². The van der Waals surface area contributed by atoms with Crippen molar-refractivity contribution in [2.24, 2.45) is 5.92 Å². The number of hydrogen-bond donors (Lipinski definition) is 0. The van der Waals surface area contributed by atoms with Crippen molar-refractivity contribution in [3.8, 4) is 5.75 Å². The van der Waals surface area contributed by atoms with Gasteiger partial charge < -0.3 is 4.74 Å². The first-order chi connectivity index (χ1) is 10.1. The van der Waals surface area contributed by atoms with Crippen LogP contribution in [0.3, 0.4) is 0 Å². The summed E-state index contributed by atoms with van der Waals surface area (Å²) in [7, 11) is 1.70. The van der Waals surface area contributed by atoms with Gasteiger partial charge in [0.1, 0.15) is 5.75 Å². The van der Waals surface area contributed by atoms with Crippen LogP contribution in [0.15, 0.2) is 46.9 Å². The first kappa shape index (κ1) is 16.7. The molecule has 21 heavy (non-hydrogen) atoms. The first-order valence-corrected chi connectivity index (χ1v) is 8.45. The predicted molar refractivity (Wildman–Crippen MR) is 93.8 cm³/mol. The number of benzene rings is 2. The van der Waals surface area contributed by atoms with E-state index in [4.69, 9.17) is 27.9 Å². The quantitative estimate of drug-likeness (QED) is 0.573. The van der Waals surface area contributed by atoms with Crippen LogP contribution in [0.1, 0.15) is 11.1 Å². The summed E-state index contributed by atoms with van der Waals surface area (Å²) in [5, 5.41) is 0.759. The fraction of sp³-hybridized carbons (Fsp3) is 0.294. The Morgan fingerprint density at radius 1 is 1.10 bits per heavy atom. The van der Waals surface area contributed by atoms with Crippen molar-refractivity contribution < 1.29 is 4.74 Å². The predicted octanol–water partition coefficient (Wildman–Crippen LogP) is 5.75. The zero-order chi connectivity index (χ0) is 15.2. The van der Waals surface area contributed by atoms with Gasteiger partial charge in [-0.3, -0.25) is 0 Å². The summed E-state index contributed by atoms with van der Waals surface area (Å²) in [5.74, 6) is 1.87. The maximum Gasteiger partial charge on any atom is 0.122 e. The van der Waals surface area contributed by atoms with E-state index >= 15 is 0 Å². The van der Waals surface area contributed by atoms with Crippen LogP contribution in [0, 0.1) is 5.92 Å². The van der Waals surface area contributed by atoms with E-state index in [0.29, 0.717) is 11.8 Å².